The molecule has 1 unspecified atom stereocenters. The van der Waals surface area contributed by atoms with Gasteiger partial charge in [-0.05, 0) is 31.5 Å². The molecule has 1 aromatic carbocycles. The second-order valence-electron chi connectivity index (χ2n) is 3.61. The molecule has 1 aliphatic rings. The second kappa shape index (κ2) is 2.91. The SMILES string of the molecule is CC1c2ccccc2CCN1C. The van der Waals surface area contributed by atoms with Crippen LogP contribution in [0.2, 0.25) is 0 Å². The number of likely N-dealkylation sites (N-methyl/N-ethyl adjacent to an activating group) is 1. The largest absolute Gasteiger partial charge is 0.299 e. The van der Waals surface area contributed by atoms with Gasteiger partial charge in [-0.2, -0.15) is 0 Å². The van der Waals surface area contributed by atoms with Crippen LogP contribution in [0.3, 0.4) is 0 Å². The lowest BCUT2D eigenvalue weighted by Gasteiger charge is -2.31. The van der Waals surface area contributed by atoms with E-state index in [2.05, 4.69) is 43.1 Å². The Bertz CT molecular complexity index is 280. The number of nitrogens with zero attached hydrogens (tertiary/aromatic N) is 1. The Morgan fingerprint density at radius 2 is 2.08 bits per heavy atom. The molecule has 0 spiro atoms. The summed E-state index contributed by atoms with van der Waals surface area (Å²) in [5.41, 5.74) is 3.04. The van der Waals surface area contributed by atoms with E-state index in [0.717, 1.165) is 0 Å². The van der Waals surface area contributed by atoms with E-state index in [0.29, 0.717) is 6.04 Å². The van der Waals surface area contributed by atoms with Gasteiger partial charge < -0.3 is 0 Å². The molecule has 1 aromatic rings. The molecule has 1 aliphatic heterocycles. The van der Waals surface area contributed by atoms with E-state index in [4.69, 9.17) is 0 Å². The molecule has 0 amide bonds. The summed E-state index contributed by atoms with van der Waals surface area (Å²) in [6.45, 7) is 3.47. The third-order valence-electron chi connectivity index (χ3n) is 2.90. The minimum atomic E-state index is 0.593. The van der Waals surface area contributed by atoms with Gasteiger partial charge in [0.05, 0.1) is 0 Å². The van der Waals surface area contributed by atoms with Gasteiger partial charge >= 0.3 is 0 Å². The molecule has 0 N–H and O–H groups in total. The number of hydrogen-bond donors (Lipinski definition) is 0. The average molecular weight is 161 g/mol. The van der Waals surface area contributed by atoms with E-state index in [9.17, 15) is 0 Å². The first-order chi connectivity index (χ1) is 5.79. The lowest BCUT2D eigenvalue weighted by Crippen LogP contribution is -2.30. The second-order valence-corrected chi connectivity index (χ2v) is 3.61. The minimum Gasteiger partial charge on any atom is -0.299 e. The van der Waals surface area contributed by atoms with Crippen molar-refractivity contribution in [3.8, 4) is 0 Å². The Kier molecular flexibility index (Phi) is 1.89. The van der Waals surface area contributed by atoms with E-state index in [1.54, 1.807) is 0 Å². The number of fused-ring (bicyclic) bond motifs is 1. The van der Waals surface area contributed by atoms with Gasteiger partial charge in [-0.3, -0.25) is 4.90 Å². The van der Waals surface area contributed by atoms with Crippen LogP contribution in [0.25, 0.3) is 0 Å². The van der Waals surface area contributed by atoms with Crippen LogP contribution in [-0.4, -0.2) is 18.5 Å². The van der Waals surface area contributed by atoms with Crippen LogP contribution in [0, 0.1) is 0 Å². The zero-order valence-electron chi connectivity index (χ0n) is 7.75. The first-order valence-electron chi connectivity index (χ1n) is 4.57. The van der Waals surface area contributed by atoms with Crippen molar-refractivity contribution in [3.05, 3.63) is 35.4 Å². The van der Waals surface area contributed by atoms with Crippen molar-refractivity contribution in [1.29, 1.82) is 0 Å². The van der Waals surface area contributed by atoms with Gasteiger partial charge in [0, 0.05) is 12.6 Å². The highest BCUT2D eigenvalue weighted by Crippen LogP contribution is 2.27. The van der Waals surface area contributed by atoms with Crippen LogP contribution < -0.4 is 0 Å². The van der Waals surface area contributed by atoms with E-state index in [-0.39, 0.29) is 0 Å². The van der Waals surface area contributed by atoms with Gasteiger partial charge in [0.15, 0.2) is 0 Å². The average Bonchev–Trinajstić information content (AvgIpc) is 2.12. The van der Waals surface area contributed by atoms with Gasteiger partial charge in [0.1, 0.15) is 0 Å². The van der Waals surface area contributed by atoms with Crippen LogP contribution in [0.15, 0.2) is 24.3 Å². The lowest BCUT2D eigenvalue weighted by molar-refractivity contribution is 0.247. The number of rotatable bonds is 0. The summed E-state index contributed by atoms with van der Waals surface area (Å²) in [7, 11) is 2.20. The van der Waals surface area contributed by atoms with Gasteiger partial charge in [-0.15, -0.1) is 0 Å². The van der Waals surface area contributed by atoms with Gasteiger partial charge in [-0.1, -0.05) is 24.3 Å². The van der Waals surface area contributed by atoms with Crippen LogP contribution in [0.5, 0.6) is 0 Å². The molecular weight excluding hydrogens is 146 g/mol. The predicted molar refractivity (Wildman–Crippen MR) is 51.2 cm³/mol. The highest BCUT2D eigenvalue weighted by molar-refractivity contribution is 5.31. The summed E-state index contributed by atoms with van der Waals surface area (Å²) in [4.78, 5) is 2.41. The zero-order valence-corrected chi connectivity index (χ0v) is 7.75. The molecule has 0 aliphatic carbocycles. The lowest BCUT2D eigenvalue weighted by atomic mass is 9.94. The zero-order chi connectivity index (χ0) is 8.55. The Labute approximate surface area is 74.0 Å². The summed E-state index contributed by atoms with van der Waals surface area (Å²) < 4.78 is 0. The normalized spacial score (nSPS) is 23.7. The summed E-state index contributed by atoms with van der Waals surface area (Å²) in [6.07, 6.45) is 1.21. The third kappa shape index (κ3) is 1.14. The fourth-order valence-electron chi connectivity index (χ4n) is 1.90. The van der Waals surface area contributed by atoms with Crippen molar-refractivity contribution in [2.45, 2.75) is 19.4 Å². The third-order valence-corrected chi connectivity index (χ3v) is 2.90. The first kappa shape index (κ1) is 7.81. The maximum absolute atomic E-state index is 2.41. The molecule has 1 nitrogen and oxygen atoms in total. The van der Waals surface area contributed by atoms with Crippen LogP contribution in [-0.2, 0) is 6.42 Å². The van der Waals surface area contributed by atoms with E-state index < -0.39 is 0 Å². The van der Waals surface area contributed by atoms with Crippen molar-refractivity contribution < 1.29 is 0 Å². The highest BCUT2D eigenvalue weighted by atomic mass is 15.1. The van der Waals surface area contributed by atoms with Crippen LogP contribution in [0.4, 0.5) is 0 Å². The van der Waals surface area contributed by atoms with Crippen molar-refractivity contribution in [2.24, 2.45) is 0 Å². The van der Waals surface area contributed by atoms with E-state index in [1.807, 2.05) is 0 Å². The Morgan fingerprint density at radius 1 is 1.33 bits per heavy atom. The molecule has 0 fully saturated rings. The van der Waals surface area contributed by atoms with E-state index >= 15 is 0 Å². The van der Waals surface area contributed by atoms with E-state index in [1.165, 1.54) is 24.1 Å². The molecule has 1 heteroatoms. The molecule has 0 radical (unpaired) electrons. The summed E-state index contributed by atoms with van der Waals surface area (Å²) >= 11 is 0. The number of hydrogen-bond acceptors (Lipinski definition) is 1. The van der Waals surface area contributed by atoms with Gasteiger partial charge in [0.2, 0.25) is 0 Å². The molecule has 0 aromatic heterocycles. The first-order valence-corrected chi connectivity index (χ1v) is 4.57. The molecule has 64 valence electrons. The summed E-state index contributed by atoms with van der Waals surface area (Å²) in [5, 5.41) is 0. The maximum atomic E-state index is 2.41. The molecule has 2 rings (SSSR count). The summed E-state index contributed by atoms with van der Waals surface area (Å²) in [5.74, 6) is 0. The van der Waals surface area contributed by atoms with Crippen molar-refractivity contribution in [3.63, 3.8) is 0 Å². The Morgan fingerprint density at radius 3 is 2.92 bits per heavy atom. The molecule has 1 heterocycles. The number of benzene rings is 1. The van der Waals surface area contributed by atoms with Gasteiger partial charge in [0.25, 0.3) is 0 Å². The smallest absolute Gasteiger partial charge is 0.0319 e. The molecular formula is C11H15N. The maximum Gasteiger partial charge on any atom is 0.0319 e. The predicted octanol–water partition coefficient (Wildman–Crippen LogP) is 2.24. The fourth-order valence-corrected chi connectivity index (χ4v) is 1.90. The Hall–Kier alpha value is -0.820. The Balaban J connectivity index is 2.42. The van der Waals surface area contributed by atoms with Crippen molar-refractivity contribution in [1.82, 2.24) is 4.90 Å². The van der Waals surface area contributed by atoms with Crippen molar-refractivity contribution in [2.75, 3.05) is 13.6 Å². The van der Waals surface area contributed by atoms with Crippen LogP contribution in [0.1, 0.15) is 24.1 Å². The molecule has 0 saturated heterocycles. The fraction of sp³-hybridized carbons (Fsp3) is 0.455. The molecule has 12 heavy (non-hydrogen) atoms. The van der Waals surface area contributed by atoms with Crippen molar-refractivity contribution >= 4 is 0 Å². The molecule has 0 saturated carbocycles. The standard InChI is InChI=1S/C11H15N/c1-9-11-6-4-3-5-10(11)7-8-12(9)2/h3-6,9H,7-8H2,1-2H3. The topological polar surface area (TPSA) is 3.24 Å². The monoisotopic (exact) mass is 161 g/mol. The minimum absolute atomic E-state index is 0.593. The van der Waals surface area contributed by atoms with Crippen LogP contribution >= 0.6 is 0 Å². The molecule has 0 bridgehead atoms. The highest BCUT2D eigenvalue weighted by Gasteiger charge is 2.19. The quantitative estimate of drug-likeness (QED) is 0.564. The molecule has 1 atom stereocenters. The van der Waals surface area contributed by atoms with Gasteiger partial charge in [-0.25, -0.2) is 0 Å². The summed E-state index contributed by atoms with van der Waals surface area (Å²) in [6, 6.07) is 9.36.